The van der Waals surface area contributed by atoms with Crippen molar-refractivity contribution in [1.82, 2.24) is 10.6 Å². The van der Waals surface area contributed by atoms with Crippen LogP contribution in [0.25, 0.3) is 10.8 Å². The van der Waals surface area contributed by atoms with Crippen LogP contribution in [0, 0.1) is 0 Å². The molecule has 0 unspecified atom stereocenters. The molecule has 0 saturated carbocycles. The molecule has 2 N–H and O–H groups in total. The number of fused-ring (bicyclic) bond motifs is 1. The van der Waals surface area contributed by atoms with Gasteiger partial charge in [-0.2, -0.15) is 0 Å². The van der Waals surface area contributed by atoms with Crippen LogP contribution in [0.5, 0.6) is 0 Å². The monoisotopic (exact) mass is 350 g/mol. The second-order valence-corrected chi connectivity index (χ2v) is 5.73. The van der Waals surface area contributed by atoms with Crippen molar-refractivity contribution in [3.05, 3.63) is 81.9 Å². The zero-order valence-electron chi connectivity index (χ0n) is 14.2. The smallest absolute Gasteiger partial charge is 0.344 e. The van der Waals surface area contributed by atoms with Gasteiger partial charge in [0.2, 0.25) is 0 Å². The first-order valence-electron chi connectivity index (χ1n) is 8.26. The van der Waals surface area contributed by atoms with Crippen molar-refractivity contribution in [2.75, 3.05) is 6.54 Å². The lowest BCUT2D eigenvalue weighted by atomic mass is 10.1. The van der Waals surface area contributed by atoms with Gasteiger partial charge < -0.3 is 15.1 Å². The van der Waals surface area contributed by atoms with Crippen LogP contribution in [0.4, 0.5) is 0 Å². The second kappa shape index (κ2) is 7.65. The van der Waals surface area contributed by atoms with Gasteiger partial charge in [0.05, 0.1) is 5.39 Å². The number of amides is 2. The van der Waals surface area contributed by atoms with Crippen molar-refractivity contribution >= 4 is 22.6 Å². The fraction of sp³-hybridized carbons (Fsp3) is 0.150. The molecule has 0 saturated heterocycles. The molecular weight excluding hydrogens is 332 g/mol. The molecule has 132 valence electrons. The summed E-state index contributed by atoms with van der Waals surface area (Å²) in [4.78, 5) is 36.2. The molecule has 3 rings (SSSR count). The highest BCUT2D eigenvalue weighted by Crippen LogP contribution is 2.12. The Hall–Kier alpha value is -3.41. The van der Waals surface area contributed by atoms with Crippen LogP contribution >= 0.6 is 0 Å². The molecule has 0 bridgehead atoms. The van der Waals surface area contributed by atoms with Crippen LogP contribution in [0.2, 0.25) is 0 Å². The zero-order valence-corrected chi connectivity index (χ0v) is 14.2. The van der Waals surface area contributed by atoms with Crippen LogP contribution in [0.15, 0.2) is 63.8 Å². The van der Waals surface area contributed by atoms with E-state index in [2.05, 4.69) is 10.6 Å². The molecule has 1 aromatic heterocycles. The predicted octanol–water partition coefficient (Wildman–Crippen LogP) is 2.47. The number of carbonyl (C=O) groups is 2. The fourth-order valence-electron chi connectivity index (χ4n) is 2.60. The quantitative estimate of drug-likeness (QED) is 0.740. The summed E-state index contributed by atoms with van der Waals surface area (Å²) in [5, 5.41) is 6.50. The third-order valence-corrected chi connectivity index (χ3v) is 3.87. The normalized spacial score (nSPS) is 10.5. The molecule has 6 heteroatoms. The van der Waals surface area contributed by atoms with Crippen molar-refractivity contribution < 1.29 is 14.0 Å². The molecule has 2 amide bonds. The van der Waals surface area contributed by atoms with Gasteiger partial charge in [-0.1, -0.05) is 30.3 Å². The van der Waals surface area contributed by atoms with Gasteiger partial charge in [0, 0.05) is 18.7 Å². The Balaban J connectivity index is 1.74. The molecule has 26 heavy (non-hydrogen) atoms. The van der Waals surface area contributed by atoms with Gasteiger partial charge in [0.25, 0.3) is 11.8 Å². The Morgan fingerprint density at radius 3 is 2.58 bits per heavy atom. The Morgan fingerprint density at radius 1 is 0.962 bits per heavy atom. The first kappa shape index (κ1) is 17.4. The fourth-order valence-corrected chi connectivity index (χ4v) is 2.60. The van der Waals surface area contributed by atoms with Gasteiger partial charge >= 0.3 is 5.63 Å². The van der Waals surface area contributed by atoms with Crippen LogP contribution in [-0.2, 0) is 6.54 Å². The second-order valence-electron chi connectivity index (χ2n) is 5.73. The SMILES string of the molecule is CCNC(=O)c1cccc(CNC(=O)c2cc3ccccc3c(=O)o2)c1. The van der Waals surface area contributed by atoms with Crippen molar-refractivity contribution in [2.45, 2.75) is 13.5 Å². The first-order chi connectivity index (χ1) is 12.6. The molecule has 0 aliphatic carbocycles. The van der Waals surface area contributed by atoms with Gasteiger partial charge in [-0.05, 0) is 42.1 Å². The summed E-state index contributed by atoms with van der Waals surface area (Å²) in [5.41, 5.74) is 0.743. The summed E-state index contributed by atoms with van der Waals surface area (Å²) in [6, 6.07) is 15.4. The number of rotatable bonds is 5. The zero-order chi connectivity index (χ0) is 18.5. The standard InChI is InChI=1S/C20H18N2O4/c1-2-21-18(23)15-8-5-6-13(10-15)12-22-19(24)17-11-14-7-3-4-9-16(14)20(25)26-17/h3-11H,2,12H2,1H3,(H,21,23)(H,22,24). The minimum absolute atomic E-state index is 0.0476. The Labute approximate surface area is 149 Å². The third-order valence-electron chi connectivity index (χ3n) is 3.87. The number of carbonyl (C=O) groups excluding carboxylic acids is 2. The Kier molecular flexibility index (Phi) is 5.12. The van der Waals surface area contributed by atoms with Crippen LogP contribution in [0.1, 0.15) is 33.4 Å². The summed E-state index contributed by atoms with van der Waals surface area (Å²) >= 11 is 0. The maximum absolute atomic E-state index is 12.3. The van der Waals surface area contributed by atoms with Crippen molar-refractivity contribution in [3.8, 4) is 0 Å². The van der Waals surface area contributed by atoms with Gasteiger partial charge in [-0.3, -0.25) is 9.59 Å². The van der Waals surface area contributed by atoms with Crippen LogP contribution < -0.4 is 16.3 Å². The van der Waals surface area contributed by atoms with E-state index >= 15 is 0 Å². The topological polar surface area (TPSA) is 88.4 Å². The molecule has 0 aliphatic rings. The van der Waals surface area contributed by atoms with Gasteiger partial charge in [-0.25, -0.2) is 4.79 Å². The molecule has 6 nitrogen and oxygen atoms in total. The van der Waals surface area contributed by atoms with Gasteiger partial charge in [-0.15, -0.1) is 0 Å². The lowest BCUT2D eigenvalue weighted by molar-refractivity contribution is 0.0918. The lowest BCUT2D eigenvalue weighted by Crippen LogP contribution is -2.25. The molecule has 0 aliphatic heterocycles. The van der Waals surface area contributed by atoms with Crippen molar-refractivity contribution in [2.24, 2.45) is 0 Å². The van der Waals surface area contributed by atoms with E-state index in [1.165, 1.54) is 6.07 Å². The predicted molar refractivity (Wildman–Crippen MR) is 98.1 cm³/mol. The largest absolute Gasteiger partial charge is 0.417 e. The number of benzene rings is 2. The number of hydrogen-bond acceptors (Lipinski definition) is 4. The van der Waals surface area contributed by atoms with E-state index in [-0.39, 0.29) is 18.2 Å². The average molecular weight is 350 g/mol. The highest BCUT2D eigenvalue weighted by molar-refractivity contribution is 5.95. The Morgan fingerprint density at radius 2 is 1.77 bits per heavy atom. The molecular formula is C20H18N2O4. The summed E-state index contributed by atoms with van der Waals surface area (Å²) in [5.74, 6) is -0.703. The van der Waals surface area contributed by atoms with E-state index in [4.69, 9.17) is 4.42 Å². The number of hydrogen-bond donors (Lipinski definition) is 2. The van der Waals surface area contributed by atoms with E-state index in [0.29, 0.717) is 22.9 Å². The molecule has 0 radical (unpaired) electrons. The maximum atomic E-state index is 12.3. The van der Waals surface area contributed by atoms with Crippen molar-refractivity contribution in [3.63, 3.8) is 0 Å². The highest BCUT2D eigenvalue weighted by atomic mass is 16.4. The molecule has 1 heterocycles. The number of nitrogens with one attached hydrogen (secondary N) is 2. The lowest BCUT2D eigenvalue weighted by Gasteiger charge is -2.07. The van der Waals surface area contributed by atoms with E-state index in [1.54, 1.807) is 48.5 Å². The Bertz CT molecular complexity index is 1020. The molecule has 0 fully saturated rings. The van der Waals surface area contributed by atoms with E-state index in [9.17, 15) is 14.4 Å². The van der Waals surface area contributed by atoms with E-state index < -0.39 is 11.5 Å². The van der Waals surface area contributed by atoms with Gasteiger partial charge in [0.15, 0.2) is 5.76 Å². The minimum Gasteiger partial charge on any atom is -0.417 e. The van der Waals surface area contributed by atoms with E-state index in [1.807, 2.05) is 6.92 Å². The summed E-state index contributed by atoms with van der Waals surface area (Å²) in [7, 11) is 0. The minimum atomic E-state index is -0.550. The molecule has 0 spiro atoms. The summed E-state index contributed by atoms with van der Waals surface area (Å²) in [6.07, 6.45) is 0. The maximum Gasteiger partial charge on any atom is 0.344 e. The average Bonchev–Trinajstić information content (AvgIpc) is 2.66. The third kappa shape index (κ3) is 3.80. The van der Waals surface area contributed by atoms with Gasteiger partial charge in [0.1, 0.15) is 0 Å². The molecule has 0 atom stereocenters. The summed E-state index contributed by atoms with van der Waals surface area (Å²) < 4.78 is 5.10. The highest BCUT2D eigenvalue weighted by Gasteiger charge is 2.12. The van der Waals surface area contributed by atoms with Crippen LogP contribution in [-0.4, -0.2) is 18.4 Å². The summed E-state index contributed by atoms with van der Waals surface area (Å²) in [6.45, 7) is 2.60. The molecule has 2 aromatic carbocycles. The molecule has 3 aromatic rings. The first-order valence-corrected chi connectivity index (χ1v) is 8.26. The van der Waals surface area contributed by atoms with Crippen molar-refractivity contribution in [1.29, 1.82) is 0 Å². The van der Waals surface area contributed by atoms with E-state index in [0.717, 1.165) is 5.56 Å². The van der Waals surface area contributed by atoms with Crippen LogP contribution in [0.3, 0.4) is 0 Å².